The first-order valence-corrected chi connectivity index (χ1v) is 10.3. The van der Waals surface area contributed by atoms with Crippen LogP contribution in [0, 0.1) is 13.8 Å². The Labute approximate surface area is 164 Å². The van der Waals surface area contributed by atoms with Gasteiger partial charge in [-0.2, -0.15) is 4.98 Å². The number of aromatic nitrogens is 3. The molecular formula is C19H18N4O2S2. The third kappa shape index (κ3) is 4.06. The molecule has 0 atom stereocenters. The Morgan fingerprint density at radius 2 is 2.15 bits per heavy atom. The van der Waals surface area contributed by atoms with Gasteiger partial charge in [0.2, 0.25) is 17.6 Å². The van der Waals surface area contributed by atoms with E-state index in [0.717, 1.165) is 20.7 Å². The predicted octanol–water partition coefficient (Wildman–Crippen LogP) is 4.99. The number of hydrogen-bond acceptors (Lipinski definition) is 7. The molecule has 6 nitrogen and oxygen atoms in total. The van der Waals surface area contributed by atoms with Crippen LogP contribution in [0.4, 0.5) is 5.13 Å². The number of amides is 1. The predicted molar refractivity (Wildman–Crippen MR) is 108 cm³/mol. The summed E-state index contributed by atoms with van der Waals surface area (Å²) in [6.07, 6.45) is 1.59. The van der Waals surface area contributed by atoms with Gasteiger partial charge in [-0.15, -0.1) is 11.3 Å². The van der Waals surface area contributed by atoms with Crippen LogP contribution in [0.25, 0.3) is 20.9 Å². The molecule has 0 spiro atoms. The van der Waals surface area contributed by atoms with E-state index >= 15 is 0 Å². The van der Waals surface area contributed by atoms with Gasteiger partial charge in [0, 0.05) is 12.8 Å². The number of carbonyl (C=O) groups is 1. The van der Waals surface area contributed by atoms with Crippen LogP contribution in [0.5, 0.6) is 0 Å². The molecule has 0 unspecified atom stereocenters. The number of hydrogen-bond donors (Lipinski definition) is 1. The molecule has 1 amide bonds. The third-order valence-electron chi connectivity index (χ3n) is 4.08. The third-order valence-corrected chi connectivity index (χ3v) is 5.86. The Morgan fingerprint density at radius 1 is 1.26 bits per heavy atom. The number of aryl methyl sites for hydroxylation is 3. The normalized spacial score (nSPS) is 11.2. The van der Waals surface area contributed by atoms with E-state index in [9.17, 15) is 4.79 Å². The molecule has 3 heterocycles. The first kappa shape index (κ1) is 17.8. The highest BCUT2D eigenvalue weighted by molar-refractivity contribution is 7.22. The number of fused-ring (bicyclic) bond motifs is 1. The molecular weight excluding hydrogens is 380 g/mol. The average Bonchev–Trinajstić information content (AvgIpc) is 3.34. The van der Waals surface area contributed by atoms with Gasteiger partial charge < -0.3 is 9.84 Å². The lowest BCUT2D eigenvalue weighted by molar-refractivity contribution is -0.116. The molecule has 8 heteroatoms. The van der Waals surface area contributed by atoms with Crippen LogP contribution in [0.1, 0.15) is 29.9 Å². The Bertz CT molecular complexity index is 1080. The molecule has 0 aliphatic carbocycles. The van der Waals surface area contributed by atoms with Gasteiger partial charge >= 0.3 is 0 Å². The Kier molecular flexibility index (Phi) is 5.00. The summed E-state index contributed by atoms with van der Waals surface area (Å²) >= 11 is 3.07. The van der Waals surface area contributed by atoms with Gasteiger partial charge in [-0.3, -0.25) is 4.79 Å². The van der Waals surface area contributed by atoms with E-state index < -0.39 is 0 Å². The standard InChI is InChI=1S/C19H18N4O2S2/c1-11-9-12(2)17-14(10-11)27-19(22-17)20-15(24)6-3-7-16-21-18(23-25-16)13-5-4-8-26-13/h4-5,8-10H,3,6-7H2,1-2H3,(H,20,22,24). The zero-order valence-electron chi connectivity index (χ0n) is 15.0. The molecule has 4 rings (SSSR count). The Morgan fingerprint density at radius 3 is 2.96 bits per heavy atom. The first-order valence-electron chi connectivity index (χ1n) is 8.62. The summed E-state index contributed by atoms with van der Waals surface area (Å²) in [5, 5.41) is 9.49. The smallest absolute Gasteiger partial charge is 0.226 e. The number of thiophene rings is 1. The number of carbonyl (C=O) groups excluding carboxylic acids is 1. The maximum absolute atomic E-state index is 12.2. The van der Waals surface area contributed by atoms with E-state index in [1.807, 2.05) is 24.4 Å². The second-order valence-electron chi connectivity index (χ2n) is 6.34. The highest BCUT2D eigenvalue weighted by Crippen LogP contribution is 2.29. The Balaban J connectivity index is 1.32. The molecule has 0 saturated heterocycles. The van der Waals surface area contributed by atoms with Gasteiger partial charge in [0.1, 0.15) is 0 Å². The molecule has 0 fully saturated rings. The molecule has 0 radical (unpaired) electrons. The maximum atomic E-state index is 12.2. The quantitative estimate of drug-likeness (QED) is 0.495. The van der Waals surface area contributed by atoms with Crippen LogP contribution in [0.15, 0.2) is 34.2 Å². The second-order valence-corrected chi connectivity index (χ2v) is 8.32. The minimum atomic E-state index is -0.0542. The lowest BCUT2D eigenvalue weighted by Gasteiger charge is -1.99. The highest BCUT2D eigenvalue weighted by Gasteiger charge is 2.12. The summed E-state index contributed by atoms with van der Waals surface area (Å²) in [4.78, 5) is 22.1. The van der Waals surface area contributed by atoms with Gasteiger partial charge in [-0.05, 0) is 48.9 Å². The van der Waals surface area contributed by atoms with E-state index in [1.54, 1.807) is 11.3 Å². The van der Waals surface area contributed by atoms with Gasteiger partial charge in [0.15, 0.2) is 5.13 Å². The van der Waals surface area contributed by atoms with E-state index in [2.05, 4.69) is 39.5 Å². The van der Waals surface area contributed by atoms with Gasteiger partial charge in [-0.1, -0.05) is 28.6 Å². The van der Waals surface area contributed by atoms with Crippen molar-refractivity contribution in [1.29, 1.82) is 0 Å². The maximum Gasteiger partial charge on any atom is 0.226 e. The number of rotatable bonds is 6. The number of nitrogens with one attached hydrogen (secondary N) is 1. The second kappa shape index (κ2) is 7.58. The van der Waals surface area contributed by atoms with Crippen molar-refractivity contribution in [2.24, 2.45) is 0 Å². The van der Waals surface area contributed by atoms with E-state index in [4.69, 9.17) is 4.52 Å². The number of benzene rings is 1. The molecule has 138 valence electrons. The molecule has 27 heavy (non-hydrogen) atoms. The summed E-state index contributed by atoms with van der Waals surface area (Å²) in [5.74, 6) is 1.10. The zero-order chi connectivity index (χ0) is 18.8. The number of anilines is 1. The minimum Gasteiger partial charge on any atom is -0.339 e. The largest absolute Gasteiger partial charge is 0.339 e. The monoisotopic (exact) mass is 398 g/mol. The molecule has 3 aromatic heterocycles. The molecule has 0 saturated carbocycles. The summed E-state index contributed by atoms with van der Waals surface area (Å²) in [6, 6.07) is 8.10. The van der Waals surface area contributed by atoms with Crippen LogP contribution < -0.4 is 5.32 Å². The van der Waals surface area contributed by atoms with Crippen LogP contribution in [-0.4, -0.2) is 21.0 Å². The highest BCUT2D eigenvalue weighted by atomic mass is 32.1. The summed E-state index contributed by atoms with van der Waals surface area (Å²) in [7, 11) is 0. The molecule has 1 aromatic carbocycles. The van der Waals surface area contributed by atoms with Crippen molar-refractivity contribution in [1.82, 2.24) is 15.1 Å². The van der Waals surface area contributed by atoms with Crippen molar-refractivity contribution in [2.45, 2.75) is 33.1 Å². The fourth-order valence-electron chi connectivity index (χ4n) is 2.87. The van der Waals surface area contributed by atoms with Crippen molar-refractivity contribution in [3.05, 3.63) is 46.7 Å². The Hall–Kier alpha value is -2.58. The zero-order valence-corrected chi connectivity index (χ0v) is 16.6. The topological polar surface area (TPSA) is 80.9 Å². The van der Waals surface area contributed by atoms with Crippen LogP contribution in [0.2, 0.25) is 0 Å². The first-order chi connectivity index (χ1) is 13.1. The summed E-state index contributed by atoms with van der Waals surface area (Å²) in [6.45, 7) is 4.10. The van der Waals surface area contributed by atoms with E-state index in [0.29, 0.717) is 36.1 Å². The SMILES string of the molecule is Cc1cc(C)c2nc(NC(=O)CCCc3nc(-c4cccs4)no3)sc2c1. The minimum absolute atomic E-state index is 0.0542. The van der Waals surface area contributed by atoms with Gasteiger partial charge in [-0.25, -0.2) is 4.98 Å². The molecule has 0 aliphatic heterocycles. The fraction of sp³-hybridized carbons (Fsp3) is 0.263. The molecule has 4 aromatic rings. The van der Waals surface area contributed by atoms with Crippen molar-refractivity contribution in [3.63, 3.8) is 0 Å². The van der Waals surface area contributed by atoms with E-state index in [-0.39, 0.29) is 5.91 Å². The molecule has 0 aliphatic rings. The average molecular weight is 399 g/mol. The fourth-order valence-corrected chi connectivity index (χ4v) is 4.58. The van der Waals surface area contributed by atoms with Crippen molar-refractivity contribution < 1.29 is 9.32 Å². The van der Waals surface area contributed by atoms with Crippen molar-refractivity contribution in [2.75, 3.05) is 5.32 Å². The summed E-state index contributed by atoms with van der Waals surface area (Å²) in [5.41, 5.74) is 3.27. The van der Waals surface area contributed by atoms with Crippen LogP contribution in [-0.2, 0) is 11.2 Å². The number of nitrogens with zero attached hydrogens (tertiary/aromatic N) is 3. The lowest BCUT2D eigenvalue weighted by atomic mass is 10.1. The van der Waals surface area contributed by atoms with Crippen molar-refractivity contribution in [3.8, 4) is 10.7 Å². The van der Waals surface area contributed by atoms with Gasteiger partial charge in [0.05, 0.1) is 15.1 Å². The van der Waals surface area contributed by atoms with Crippen LogP contribution in [0.3, 0.4) is 0 Å². The molecule has 1 N–H and O–H groups in total. The van der Waals surface area contributed by atoms with E-state index in [1.165, 1.54) is 16.9 Å². The van der Waals surface area contributed by atoms with Crippen molar-refractivity contribution >= 4 is 43.9 Å². The van der Waals surface area contributed by atoms with Crippen LogP contribution >= 0.6 is 22.7 Å². The number of thiazole rings is 1. The summed E-state index contributed by atoms with van der Waals surface area (Å²) < 4.78 is 6.35. The van der Waals surface area contributed by atoms with Gasteiger partial charge in [0.25, 0.3) is 0 Å². The lowest BCUT2D eigenvalue weighted by Crippen LogP contribution is -2.11. The molecule has 0 bridgehead atoms.